The first-order valence-corrected chi connectivity index (χ1v) is 6.84. The second kappa shape index (κ2) is 7.93. The highest BCUT2D eigenvalue weighted by molar-refractivity contribution is 5.85. The zero-order valence-electron chi connectivity index (χ0n) is 10.5. The highest BCUT2D eigenvalue weighted by atomic mass is 35.5. The van der Waals surface area contributed by atoms with Crippen molar-refractivity contribution in [3.63, 3.8) is 0 Å². The Morgan fingerprint density at radius 3 is 2.59 bits per heavy atom. The molecule has 0 aromatic heterocycles. The Bertz CT molecular complexity index is 223. The van der Waals surface area contributed by atoms with Gasteiger partial charge in [-0.3, -0.25) is 4.79 Å². The van der Waals surface area contributed by atoms with E-state index in [-0.39, 0.29) is 24.2 Å². The van der Waals surface area contributed by atoms with E-state index in [1.165, 1.54) is 32.1 Å². The molecule has 0 spiro atoms. The normalized spacial score (nSPS) is 25.3. The summed E-state index contributed by atoms with van der Waals surface area (Å²) in [6, 6.07) is 0. The molecule has 0 aromatic carbocycles. The van der Waals surface area contributed by atoms with Crippen molar-refractivity contribution >= 4 is 18.3 Å². The van der Waals surface area contributed by atoms with Gasteiger partial charge in [0.25, 0.3) is 0 Å². The van der Waals surface area contributed by atoms with Gasteiger partial charge in [0.1, 0.15) is 0 Å². The molecule has 1 saturated carbocycles. The topological polar surface area (TPSA) is 41.1 Å². The van der Waals surface area contributed by atoms with Crippen LogP contribution in [0.15, 0.2) is 0 Å². The van der Waals surface area contributed by atoms with Crippen LogP contribution in [0.5, 0.6) is 0 Å². The van der Waals surface area contributed by atoms with Crippen LogP contribution < -0.4 is 10.6 Å². The van der Waals surface area contributed by atoms with E-state index in [1.807, 2.05) is 0 Å². The number of nitrogens with one attached hydrogen (secondary N) is 2. The maximum atomic E-state index is 11.8. The molecule has 1 aliphatic carbocycles. The van der Waals surface area contributed by atoms with Crippen molar-refractivity contribution in [2.24, 2.45) is 11.8 Å². The standard InChI is InChI=1S/C13H24N2O.ClH/c16-13(12-6-3-8-14-10-12)15-9-7-11-4-1-2-5-11;/h11-12,14H,1-10H2,(H,15,16);1H/t12-;/m1./s1. The molecule has 0 aromatic rings. The van der Waals surface area contributed by atoms with Crippen LogP contribution in [0.4, 0.5) is 0 Å². The van der Waals surface area contributed by atoms with Crippen molar-refractivity contribution in [3.05, 3.63) is 0 Å². The smallest absolute Gasteiger partial charge is 0.224 e. The molecule has 0 bridgehead atoms. The number of hydrogen-bond acceptors (Lipinski definition) is 2. The highest BCUT2D eigenvalue weighted by Gasteiger charge is 2.21. The number of amides is 1. The van der Waals surface area contributed by atoms with Crippen LogP contribution in [0.25, 0.3) is 0 Å². The summed E-state index contributed by atoms with van der Waals surface area (Å²) in [6.45, 7) is 2.83. The lowest BCUT2D eigenvalue weighted by Gasteiger charge is -2.22. The zero-order valence-corrected chi connectivity index (χ0v) is 11.4. The summed E-state index contributed by atoms with van der Waals surface area (Å²) in [4.78, 5) is 11.8. The van der Waals surface area contributed by atoms with Gasteiger partial charge in [0.05, 0.1) is 5.92 Å². The van der Waals surface area contributed by atoms with Crippen LogP contribution in [-0.4, -0.2) is 25.5 Å². The van der Waals surface area contributed by atoms with Gasteiger partial charge in [-0.1, -0.05) is 25.7 Å². The first kappa shape index (κ1) is 14.8. The molecule has 1 heterocycles. The minimum absolute atomic E-state index is 0. The highest BCUT2D eigenvalue weighted by Crippen LogP contribution is 2.26. The molecule has 100 valence electrons. The van der Waals surface area contributed by atoms with Crippen molar-refractivity contribution in [2.45, 2.75) is 44.9 Å². The van der Waals surface area contributed by atoms with E-state index in [4.69, 9.17) is 0 Å². The fraction of sp³-hybridized carbons (Fsp3) is 0.923. The SMILES string of the molecule is Cl.O=C(NCCC1CCCC1)[C@@H]1CCCNC1. The van der Waals surface area contributed by atoms with Gasteiger partial charge in [-0.2, -0.15) is 0 Å². The second-order valence-corrected chi connectivity index (χ2v) is 5.27. The molecule has 2 rings (SSSR count). The number of halogens is 1. The van der Waals surface area contributed by atoms with E-state index in [0.717, 1.165) is 38.4 Å². The van der Waals surface area contributed by atoms with E-state index >= 15 is 0 Å². The first-order valence-electron chi connectivity index (χ1n) is 6.84. The molecule has 2 fully saturated rings. The molecule has 3 nitrogen and oxygen atoms in total. The van der Waals surface area contributed by atoms with E-state index < -0.39 is 0 Å². The lowest BCUT2D eigenvalue weighted by molar-refractivity contribution is -0.125. The third-order valence-electron chi connectivity index (χ3n) is 3.99. The minimum atomic E-state index is 0. The van der Waals surface area contributed by atoms with Crippen molar-refractivity contribution in [3.8, 4) is 0 Å². The summed E-state index contributed by atoms with van der Waals surface area (Å²) in [5, 5.41) is 6.39. The molecule has 1 saturated heterocycles. The summed E-state index contributed by atoms with van der Waals surface area (Å²) in [6.07, 6.45) is 8.92. The van der Waals surface area contributed by atoms with Crippen LogP contribution in [-0.2, 0) is 4.79 Å². The van der Waals surface area contributed by atoms with Crippen molar-refractivity contribution in [1.29, 1.82) is 0 Å². The number of hydrogen-bond donors (Lipinski definition) is 2. The van der Waals surface area contributed by atoms with Crippen LogP contribution in [0, 0.1) is 11.8 Å². The molecule has 0 unspecified atom stereocenters. The minimum Gasteiger partial charge on any atom is -0.356 e. The average Bonchev–Trinajstić information content (AvgIpc) is 2.83. The van der Waals surface area contributed by atoms with Crippen molar-refractivity contribution in [2.75, 3.05) is 19.6 Å². The second-order valence-electron chi connectivity index (χ2n) is 5.27. The van der Waals surface area contributed by atoms with E-state index in [1.54, 1.807) is 0 Å². The Hall–Kier alpha value is -0.280. The predicted molar refractivity (Wildman–Crippen MR) is 72.4 cm³/mol. The molecule has 1 aliphatic heterocycles. The number of carbonyl (C=O) groups excluding carboxylic acids is 1. The quantitative estimate of drug-likeness (QED) is 0.813. The molecule has 1 amide bonds. The van der Waals surface area contributed by atoms with Gasteiger partial charge in [0.15, 0.2) is 0 Å². The molecular weight excluding hydrogens is 236 g/mol. The Kier molecular flexibility index (Phi) is 6.90. The summed E-state index contributed by atoms with van der Waals surface area (Å²) in [7, 11) is 0. The van der Waals surface area contributed by atoms with Gasteiger partial charge >= 0.3 is 0 Å². The van der Waals surface area contributed by atoms with Gasteiger partial charge in [-0.05, 0) is 31.7 Å². The number of rotatable bonds is 4. The molecule has 4 heteroatoms. The maximum Gasteiger partial charge on any atom is 0.224 e. The lowest BCUT2D eigenvalue weighted by Crippen LogP contribution is -2.41. The van der Waals surface area contributed by atoms with E-state index in [0.29, 0.717) is 0 Å². The van der Waals surface area contributed by atoms with Crippen molar-refractivity contribution in [1.82, 2.24) is 10.6 Å². The van der Waals surface area contributed by atoms with E-state index in [9.17, 15) is 4.79 Å². The molecular formula is C13H25ClN2O. The summed E-state index contributed by atoms with van der Waals surface area (Å²) >= 11 is 0. The monoisotopic (exact) mass is 260 g/mol. The maximum absolute atomic E-state index is 11.8. The molecule has 2 N–H and O–H groups in total. The number of carbonyl (C=O) groups is 1. The molecule has 2 aliphatic rings. The fourth-order valence-corrected chi connectivity index (χ4v) is 2.92. The molecule has 17 heavy (non-hydrogen) atoms. The van der Waals surface area contributed by atoms with E-state index in [2.05, 4.69) is 10.6 Å². The average molecular weight is 261 g/mol. The van der Waals surface area contributed by atoms with Crippen molar-refractivity contribution < 1.29 is 4.79 Å². The van der Waals surface area contributed by atoms with Crippen LogP contribution in [0.2, 0.25) is 0 Å². The van der Waals surface area contributed by atoms with Gasteiger partial charge in [-0.15, -0.1) is 12.4 Å². The predicted octanol–water partition coefficient (Wildman–Crippen LogP) is 2.10. The summed E-state index contributed by atoms with van der Waals surface area (Å²) < 4.78 is 0. The summed E-state index contributed by atoms with van der Waals surface area (Å²) in [5.74, 6) is 1.37. The first-order chi connectivity index (χ1) is 7.86. The van der Waals surface area contributed by atoms with Gasteiger partial charge < -0.3 is 10.6 Å². The lowest BCUT2D eigenvalue weighted by atomic mass is 9.98. The van der Waals surface area contributed by atoms with Gasteiger partial charge in [0, 0.05) is 13.1 Å². The molecule has 0 radical (unpaired) electrons. The Balaban J connectivity index is 0.00000144. The van der Waals surface area contributed by atoms with Gasteiger partial charge in [0.2, 0.25) is 5.91 Å². The molecule has 1 atom stereocenters. The third-order valence-corrected chi connectivity index (χ3v) is 3.99. The third kappa shape index (κ3) is 4.84. The fourth-order valence-electron chi connectivity index (χ4n) is 2.92. The Morgan fingerprint density at radius 2 is 1.94 bits per heavy atom. The largest absolute Gasteiger partial charge is 0.356 e. The van der Waals surface area contributed by atoms with Crippen LogP contribution >= 0.6 is 12.4 Å². The van der Waals surface area contributed by atoms with Crippen LogP contribution in [0.3, 0.4) is 0 Å². The summed E-state index contributed by atoms with van der Waals surface area (Å²) in [5.41, 5.74) is 0. The number of piperidine rings is 1. The van der Waals surface area contributed by atoms with Crippen LogP contribution in [0.1, 0.15) is 44.9 Å². The Morgan fingerprint density at radius 1 is 1.18 bits per heavy atom. The zero-order chi connectivity index (χ0) is 11.2. The Labute approximate surface area is 111 Å². The van der Waals surface area contributed by atoms with Gasteiger partial charge in [-0.25, -0.2) is 0 Å².